The molecule has 1 fully saturated rings. The molecule has 1 aromatic carbocycles. The van der Waals surface area contributed by atoms with Crippen LogP contribution in [0.4, 0.5) is 13.9 Å². The van der Waals surface area contributed by atoms with Crippen LogP contribution in [-0.2, 0) is 4.79 Å². The highest BCUT2D eigenvalue weighted by Gasteiger charge is 2.23. The number of benzene rings is 1. The van der Waals surface area contributed by atoms with Crippen LogP contribution in [0.1, 0.15) is 20.3 Å². The normalized spacial score (nSPS) is 21.3. The standard InChI is InChI=1S/C18H21F2N3OS/c1-11-5-12(2)8-23(7-11)9-17(24)22-18-21-16(10-25-18)13-3-4-14(19)15(20)6-13/h3-4,6,10-12H,5,7-9H2,1-2H3,(H,21,22,24)/t11-,12+. The number of hydrogen-bond donors (Lipinski definition) is 1. The number of nitrogens with one attached hydrogen (secondary N) is 1. The molecular weight excluding hydrogens is 344 g/mol. The molecule has 1 aromatic heterocycles. The first-order valence-corrected chi connectivity index (χ1v) is 9.22. The van der Waals surface area contributed by atoms with E-state index in [0.29, 0.717) is 34.8 Å². The van der Waals surface area contributed by atoms with Crippen LogP contribution < -0.4 is 5.32 Å². The fourth-order valence-electron chi connectivity index (χ4n) is 3.40. The van der Waals surface area contributed by atoms with Crippen molar-refractivity contribution in [2.24, 2.45) is 11.8 Å². The lowest BCUT2D eigenvalue weighted by Gasteiger charge is -2.34. The monoisotopic (exact) mass is 365 g/mol. The summed E-state index contributed by atoms with van der Waals surface area (Å²) < 4.78 is 26.3. The Morgan fingerprint density at radius 2 is 2.00 bits per heavy atom. The van der Waals surface area contributed by atoms with Crippen LogP contribution in [0.3, 0.4) is 0 Å². The Kier molecular flexibility index (Phi) is 5.44. The summed E-state index contributed by atoms with van der Waals surface area (Å²) in [5.41, 5.74) is 0.994. The number of anilines is 1. The number of carbonyl (C=O) groups is 1. The lowest BCUT2D eigenvalue weighted by molar-refractivity contribution is -0.117. The number of likely N-dealkylation sites (tertiary alicyclic amines) is 1. The summed E-state index contributed by atoms with van der Waals surface area (Å²) in [6, 6.07) is 3.64. The fraction of sp³-hybridized carbons (Fsp3) is 0.444. The topological polar surface area (TPSA) is 45.2 Å². The van der Waals surface area contributed by atoms with E-state index in [-0.39, 0.29) is 5.91 Å². The van der Waals surface area contributed by atoms with Gasteiger partial charge in [0.1, 0.15) is 0 Å². The summed E-state index contributed by atoms with van der Waals surface area (Å²) >= 11 is 1.27. The van der Waals surface area contributed by atoms with Crippen LogP contribution >= 0.6 is 11.3 Å². The van der Waals surface area contributed by atoms with Gasteiger partial charge in [0.2, 0.25) is 5.91 Å². The maximum atomic E-state index is 13.3. The van der Waals surface area contributed by atoms with Crippen molar-refractivity contribution in [2.75, 3.05) is 25.0 Å². The van der Waals surface area contributed by atoms with Crippen molar-refractivity contribution >= 4 is 22.4 Å². The molecule has 0 bridgehead atoms. The number of hydrogen-bond acceptors (Lipinski definition) is 4. The molecule has 0 spiro atoms. The predicted molar refractivity (Wildman–Crippen MR) is 95.5 cm³/mol. The highest BCUT2D eigenvalue weighted by Crippen LogP contribution is 2.26. The second-order valence-electron chi connectivity index (χ2n) is 6.86. The SMILES string of the molecule is C[C@@H]1C[C@H](C)CN(CC(=O)Nc2nc(-c3ccc(F)c(F)c3)cs2)C1. The van der Waals surface area contributed by atoms with Gasteiger partial charge in [-0.05, 0) is 36.5 Å². The zero-order valence-corrected chi connectivity index (χ0v) is 15.1. The van der Waals surface area contributed by atoms with E-state index in [1.54, 1.807) is 5.38 Å². The van der Waals surface area contributed by atoms with Gasteiger partial charge in [-0.25, -0.2) is 13.8 Å². The van der Waals surface area contributed by atoms with E-state index in [9.17, 15) is 13.6 Å². The molecule has 1 aliphatic rings. The Hall–Kier alpha value is -1.86. The molecule has 2 atom stereocenters. The number of aromatic nitrogens is 1. The Bertz CT molecular complexity index is 755. The molecule has 1 amide bonds. The van der Waals surface area contributed by atoms with Gasteiger partial charge in [-0.2, -0.15) is 0 Å². The minimum absolute atomic E-state index is 0.104. The number of rotatable bonds is 4. The van der Waals surface area contributed by atoms with Crippen molar-refractivity contribution in [3.63, 3.8) is 0 Å². The molecule has 2 heterocycles. The molecule has 1 aliphatic heterocycles. The third-order valence-corrected chi connectivity index (χ3v) is 5.04. The zero-order chi connectivity index (χ0) is 18.0. The van der Waals surface area contributed by atoms with E-state index in [2.05, 4.69) is 29.0 Å². The van der Waals surface area contributed by atoms with Gasteiger partial charge in [-0.15, -0.1) is 11.3 Å². The molecule has 25 heavy (non-hydrogen) atoms. The van der Waals surface area contributed by atoms with Crippen LogP contribution in [0, 0.1) is 23.5 Å². The van der Waals surface area contributed by atoms with E-state index >= 15 is 0 Å². The number of halogens is 2. The third kappa shape index (κ3) is 4.61. The minimum atomic E-state index is -0.913. The quantitative estimate of drug-likeness (QED) is 0.891. The van der Waals surface area contributed by atoms with Crippen LogP contribution in [0.5, 0.6) is 0 Å². The van der Waals surface area contributed by atoms with Crippen molar-refractivity contribution in [3.05, 3.63) is 35.2 Å². The second-order valence-corrected chi connectivity index (χ2v) is 7.71. The fourth-order valence-corrected chi connectivity index (χ4v) is 4.14. The number of amides is 1. The average molecular weight is 365 g/mol. The Balaban J connectivity index is 1.61. The molecule has 0 unspecified atom stereocenters. The van der Waals surface area contributed by atoms with Gasteiger partial charge in [0.05, 0.1) is 12.2 Å². The highest BCUT2D eigenvalue weighted by atomic mass is 32.1. The molecule has 0 aliphatic carbocycles. The van der Waals surface area contributed by atoms with Gasteiger partial charge >= 0.3 is 0 Å². The largest absolute Gasteiger partial charge is 0.301 e. The minimum Gasteiger partial charge on any atom is -0.301 e. The number of nitrogens with zero attached hydrogens (tertiary/aromatic N) is 2. The van der Waals surface area contributed by atoms with Gasteiger partial charge in [-0.3, -0.25) is 9.69 Å². The van der Waals surface area contributed by atoms with E-state index in [1.807, 2.05) is 0 Å². The smallest absolute Gasteiger partial charge is 0.240 e. The van der Waals surface area contributed by atoms with Crippen LogP contribution in [0.15, 0.2) is 23.6 Å². The van der Waals surface area contributed by atoms with Gasteiger partial charge in [0.15, 0.2) is 16.8 Å². The first-order chi connectivity index (χ1) is 11.9. The van der Waals surface area contributed by atoms with Gasteiger partial charge in [-0.1, -0.05) is 13.8 Å². The van der Waals surface area contributed by atoms with Crippen molar-refractivity contribution in [1.82, 2.24) is 9.88 Å². The molecule has 3 rings (SSSR count). The first kappa shape index (κ1) is 17.9. The second kappa shape index (κ2) is 7.58. The summed E-state index contributed by atoms with van der Waals surface area (Å²) in [6.45, 7) is 6.60. The summed E-state index contributed by atoms with van der Waals surface area (Å²) in [7, 11) is 0. The third-order valence-electron chi connectivity index (χ3n) is 4.28. The molecule has 7 heteroatoms. The predicted octanol–water partition coefficient (Wildman–Crippen LogP) is 4.00. The van der Waals surface area contributed by atoms with E-state index in [4.69, 9.17) is 0 Å². The van der Waals surface area contributed by atoms with Gasteiger partial charge in [0.25, 0.3) is 0 Å². The summed E-state index contributed by atoms with van der Waals surface area (Å²) in [5, 5.41) is 4.97. The molecule has 0 radical (unpaired) electrons. The molecule has 134 valence electrons. The lowest BCUT2D eigenvalue weighted by Crippen LogP contribution is -2.42. The Morgan fingerprint density at radius 3 is 2.68 bits per heavy atom. The van der Waals surface area contributed by atoms with Crippen molar-refractivity contribution < 1.29 is 13.6 Å². The number of piperidine rings is 1. The summed E-state index contributed by atoms with van der Waals surface area (Å²) in [6.07, 6.45) is 1.20. The van der Waals surface area contributed by atoms with E-state index < -0.39 is 11.6 Å². The zero-order valence-electron chi connectivity index (χ0n) is 14.3. The van der Waals surface area contributed by atoms with Crippen LogP contribution in [0.2, 0.25) is 0 Å². The van der Waals surface area contributed by atoms with Crippen molar-refractivity contribution in [2.45, 2.75) is 20.3 Å². The summed E-state index contributed by atoms with van der Waals surface area (Å²) in [5.74, 6) is -0.720. The molecule has 1 N–H and O–H groups in total. The van der Waals surface area contributed by atoms with Crippen molar-refractivity contribution in [3.8, 4) is 11.3 Å². The summed E-state index contributed by atoms with van der Waals surface area (Å²) in [4.78, 5) is 18.7. The van der Waals surface area contributed by atoms with Gasteiger partial charge < -0.3 is 5.32 Å². The van der Waals surface area contributed by atoms with E-state index in [0.717, 1.165) is 25.2 Å². The number of carbonyl (C=O) groups excluding carboxylic acids is 1. The molecule has 2 aromatic rings. The Morgan fingerprint density at radius 1 is 1.28 bits per heavy atom. The lowest BCUT2D eigenvalue weighted by atomic mass is 9.92. The highest BCUT2D eigenvalue weighted by molar-refractivity contribution is 7.14. The van der Waals surface area contributed by atoms with Crippen LogP contribution in [0.25, 0.3) is 11.3 Å². The maximum absolute atomic E-state index is 13.3. The van der Waals surface area contributed by atoms with Gasteiger partial charge in [0, 0.05) is 24.0 Å². The number of thiazole rings is 1. The molecule has 0 saturated carbocycles. The van der Waals surface area contributed by atoms with Crippen LogP contribution in [-0.4, -0.2) is 35.4 Å². The average Bonchev–Trinajstić information content (AvgIpc) is 2.97. The first-order valence-electron chi connectivity index (χ1n) is 8.34. The Labute approximate surface area is 149 Å². The van der Waals surface area contributed by atoms with Crippen molar-refractivity contribution in [1.29, 1.82) is 0 Å². The maximum Gasteiger partial charge on any atom is 0.240 e. The molecule has 1 saturated heterocycles. The molecular formula is C18H21F2N3OS. The molecule has 4 nitrogen and oxygen atoms in total. The van der Waals surface area contributed by atoms with E-state index in [1.165, 1.54) is 23.8 Å².